The van der Waals surface area contributed by atoms with E-state index in [2.05, 4.69) is 91.2 Å². The average Bonchev–Trinajstić information content (AvgIpc) is 2.25. The fourth-order valence-corrected chi connectivity index (χ4v) is 19.2. The zero-order valence-corrected chi connectivity index (χ0v) is 24.9. The lowest BCUT2D eigenvalue weighted by atomic mass is 10.2. The predicted octanol–water partition coefficient (Wildman–Crippen LogP) is 7.01. The van der Waals surface area contributed by atoms with Crippen molar-refractivity contribution < 1.29 is 12.3 Å². The fraction of sp³-hybridized carbons (Fsp3) is 0.889. The Bertz CT molecular complexity index is 424. The molecule has 3 nitrogen and oxygen atoms in total. The van der Waals surface area contributed by atoms with Crippen LogP contribution in [0.5, 0.6) is 0 Å². The molecule has 0 aromatic carbocycles. The number of unbranched alkanes of at least 4 members (excludes halogenated alkanes) is 1. The van der Waals surface area contributed by atoms with Crippen molar-refractivity contribution in [3.05, 3.63) is 10.9 Å². The quantitative estimate of drug-likeness (QED) is 0.317. The summed E-state index contributed by atoms with van der Waals surface area (Å²) < 4.78 is 20.8. The Kier molecular flexibility index (Phi) is 9.72. The first-order valence-electron chi connectivity index (χ1n) is 10.1. The molecule has 0 fully saturated rings. The molecule has 156 valence electrons. The summed E-state index contributed by atoms with van der Waals surface area (Å²) in [6, 6.07) is 0. The summed E-state index contributed by atoms with van der Waals surface area (Å²) in [6.45, 7) is 29.8. The smallest absolute Gasteiger partial charge is 0.414 e. The second kappa shape index (κ2) is 9.47. The van der Waals surface area contributed by atoms with Gasteiger partial charge in [0.2, 0.25) is 0 Å². The number of hydrogen-bond donors (Lipinski definition) is 0. The molecule has 0 aliphatic rings. The van der Waals surface area contributed by atoms with E-state index in [1.54, 1.807) is 0 Å². The van der Waals surface area contributed by atoms with E-state index in [1.165, 1.54) is 18.0 Å². The largest absolute Gasteiger partial charge is 0.500 e. The van der Waals surface area contributed by atoms with Crippen LogP contribution in [0, 0.1) is 0 Å². The third-order valence-electron chi connectivity index (χ3n) is 3.12. The normalized spacial score (nSPS) is 15.5. The lowest BCUT2D eigenvalue weighted by Crippen LogP contribution is -2.62. The fourth-order valence-electron chi connectivity index (χ4n) is 2.67. The lowest BCUT2D eigenvalue weighted by Gasteiger charge is -2.44. The molecule has 0 heterocycles. The van der Waals surface area contributed by atoms with Gasteiger partial charge in [-0.15, -0.1) is 0 Å². The summed E-state index contributed by atoms with van der Waals surface area (Å²) in [7, 11) is -9.84. The Morgan fingerprint density at radius 2 is 1.00 bits per heavy atom. The second-order valence-electron chi connectivity index (χ2n) is 11.3. The van der Waals surface area contributed by atoms with Crippen LogP contribution in [0.4, 0.5) is 0 Å². The SMILES string of the molecule is CCCC/C(=C\[Si](C)(C)C)[Si](O[Si](C)(C)C)(O[Si](C)(C)C)O[Si](C)(C)C. The highest BCUT2D eigenvalue weighted by Crippen LogP contribution is 2.34. The molecule has 8 heteroatoms. The number of hydrogen-bond acceptors (Lipinski definition) is 3. The van der Waals surface area contributed by atoms with Crippen molar-refractivity contribution >= 4 is 41.8 Å². The molecule has 0 aliphatic heterocycles. The summed E-state index contributed by atoms with van der Waals surface area (Å²) >= 11 is 0. The van der Waals surface area contributed by atoms with Crippen LogP contribution in [-0.2, 0) is 12.3 Å². The van der Waals surface area contributed by atoms with E-state index < -0.39 is 41.8 Å². The van der Waals surface area contributed by atoms with Gasteiger partial charge >= 0.3 is 8.80 Å². The van der Waals surface area contributed by atoms with E-state index in [0.717, 1.165) is 6.42 Å². The Morgan fingerprint density at radius 3 is 1.23 bits per heavy atom. The van der Waals surface area contributed by atoms with Gasteiger partial charge in [0, 0.05) is 0 Å². The molecule has 0 saturated carbocycles. The molecule has 0 bridgehead atoms. The minimum absolute atomic E-state index is 1.05. The molecule has 0 amide bonds. The van der Waals surface area contributed by atoms with Crippen LogP contribution in [0.15, 0.2) is 10.9 Å². The monoisotopic (exact) mass is 450 g/mol. The van der Waals surface area contributed by atoms with Gasteiger partial charge < -0.3 is 12.3 Å². The molecule has 0 spiro atoms. The molecular formula is C18H46O3Si5. The van der Waals surface area contributed by atoms with Crippen LogP contribution >= 0.6 is 0 Å². The number of rotatable bonds is 11. The molecule has 0 unspecified atom stereocenters. The van der Waals surface area contributed by atoms with Gasteiger partial charge in [-0.25, -0.2) is 0 Å². The van der Waals surface area contributed by atoms with Gasteiger partial charge in [0.1, 0.15) is 0 Å². The highest BCUT2D eigenvalue weighted by atomic mass is 28.5. The third kappa shape index (κ3) is 12.2. The van der Waals surface area contributed by atoms with Gasteiger partial charge in [-0.2, -0.15) is 0 Å². The summed E-state index contributed by atoms with van der Waals surface area (Å²) in [5.74, 6) is 0. The molecular weight excluding hydrogens is 405 g/mol. The molecule has 0 aliphatic carbocycles. The Hall–Kier alpha value is 0.704. The average molecular weight is 451 g/mol. The van der Waals surface area contributed by atoms with Crippen molar-refractivity contribution in [1.82, 2.24) is 0 Å². The van der Waals surface area contributed by atoms with E-state index in [9.17, 15) is 0 Å². The lowest BCUT2D eigenvalue weighted by molar-refractivity contribution is 0.263. The second-order valence-corrected chi connectivity index (χ2v) is 33.2. The Morgan fingerprint density at radius 1 is 0.654 bits per heavy atom. The predicted molar refractivity (Wildman–Crippen MR) is 130 cm³/mol. The van der Waals surface area contributed by atoms with Gasteiger partial charge in [-0.05, 0) is 77.0 Å². The van der Waals surface area contributed by atoms with E-state index in [4.69, 9.17) is 12.3 Å². The highest BCUT2D eigenvalue weighted by Gasteiger charge is 2.53. The summed E-state index contributed by atoms with van der Waals surface area (Å²) in [5.41, 5.74) is 2.54. The molecule has 0 aromatic rings. The van der Waals surface area contributed by atoms with Gasteiger partial charge in [0.15, 0.2) is 25.0 Å². The zero-order valence-electron chi connectivity index (χ0n) is 19.9. The maximum absolute atomic E-state index is 6.94. The summed E-state index contributed by atoms with van der Waals surface area (Å²) in [5, 5.41) is 1.38. The van der Waals surface area contributed by atoms with Gasteiger partial charge in [-0.3, -0.25) is 0 Å². The van der Waals surface area contributed by atoms with E-state index in [-0.39, 0.29) is 0 Å². The molecule has 0 N–H and O–H groups in total. The van der Waals surface area contributed by atoms with Crippen molar-refractivity contribution in [1.29, 1.82) is 0 Å². The molecule has 0 aromatic heterocycles. The van der Waals surface area contributed by atoms with Crippen molar-refractivity contribution in [2.45, 2.75) is 105 Å². The van der Waals surface area contributed by atoms with Crippen LogP contribution in [0.1, 0.15) is 26.2 Å². The van der Waals surface area contributed by atoms with E-state index >= 15 is 0 Å². The van der Waals surface area contributed by atoms with E-state index in [1.807, 2.05) is 0 Å². The first-order chi connectivity index (χ1) is 11.3. The minimum atomic E-state index is -2.90. The molecule has 0 saturated heterocycles. The molecule has 0 rings (SSSR count). The van der Waals surface area contributed by atoms with Crippen molar-refractivity contribution in [2.75, 3.05) is 0 Å². The Labute approximate surface area is 169 Å². The highest BCUT2D eigenvalue weighted by molar-refractivity contribution is 6.94. The first kappa shape index (κ1) is 26.7. The first-order valence-corrected chi connectivity index (χ1v) is 25.6. The molecule has 26 heavy (non-hydrogen) atoms. The minimum Gasteiger partial charge on any atom is -0.414 e. The maximum Gasteiger partial charge on any atom is 0.500 e. The van der Waals surface area contributed by atoms with Crippen molar-refractivity contribution in [2.24, 2.45) is 0 Å². The van der Waals surface area contributed by atoms with Crippen LogP contribution in [-0.4, -0.2) is 41.8 Å². The topological polar surface area (TPSA) is 27.7 Å². The third-order valence-corrected chi connectivity index (χ3v) is 16.4. The summed E-state index contributed by atoms with van der Waals surface area (Å²) in [4.78, 5) is 0. The number of allylic oxidation sites excluding steroid dienone is 1. The van der Waals surface area contributed by atoms with Crippen molar-refractivity contribution in [3.63, 3.8) is 0 Å². The van der Waals surface area contributed by atoms with E-state index in [0.29, 0.717) is 0 Å². The van der Waals surface area contributed by atoms with Crippen LogP contribution < -0.4 is 0 Å². The van der Waals surface area contributed by atoms with Gasteiger partial charge in [0.05, 0.1) is 8.07 Å². The molecule has 0 radical (unpaired) electrons. The standard InChI is InChI=1S/C18H46O3Si5/c1-14-15-16-18(17-22(2,3)4)26(19-23(5,6)7,20-24(8,9)10)21-25(11,12)13/h17H,14-16H2,1-13H3/b18-17+. The zero-order chi connectivity index (χ0) is 21.0. The Balaban J connectivity index is 6.51. The maximum atomic E-state index is 6.94. The van der Waals surface area contributed by atoms with Gasteiger partial charge in [0.25, 0.3) is 0 Å². The van der Waals surface area contributed by atoms with Crippen LogP contribution in [0.3, 0.4) is 0 Å². The van der Waals surface area contributed by atoms with Crippen molar-refractivity contribution in [3.8, 4) is 0 Å². The van der Waals surface area contributed by atoms with Crippen LogP contribution in [0.2, 0.25) is 78.6 Å². The summed E-state index contributed by atoms with van der Waals surface area (Å²) in [6.07, 6.45) is 3.40. The van der Waals surface area contributed by atoms with Crippen LogP contribution in [0.25, 0.3) is 0 Å². The molecule has 0 atom stereocenters. The van der Waals surface area contributed by atoms with Gasteiger partial charge in [-0.1, -0.05) is 38.7 Å².